The molecule has 4 aromatic rings. The lowest BCUT2D eigenvalue weighted by atomic mass is 10.3. The van der Waals surface area contributed by atoms with Gasteiger partial charge < -0.3 is 4.74 Å². The summed E-state index contributed by atoms with van der Waals surface area (Å²) in [5.74, 6) is -0.338. The molecule has 0 aliphatic rings. The molecule has 0 aliphatic heterocycles. The summed E-state index contributed by atoms with van der Waals surface area (Å²) in [5.41, 5.74) is 2.93. The van der Waals surface area contributed by atoms with E-state index in [0.29, 0.717) is 17.5 Å². The minimum atomic E-state index is -0.610. The van der Waals surface area contributed by atoms with Crippen LogP contribution in [0.25, 0.3) is 16.0 Å². The molecule has 0 fully saturated rings. The molecule has 158 valence electrons. The molecule has 0 aliphatic carbocycles. The van der Waals surface area contributed by atoms with Crippen LogP contribution in [0.15, 0.2) is 48.7 Å². The molecule has 0 bridgehead atoms. The van der Waals surface area contributed by atoms with Crippen molar-refractivity contribution in [1.82, 2.24) is 19.7 Å². The summed E-state index contributed by atoms with van der Waals surface area (Å²) in [4.78, 5) is 35.4. The molecule has 1 aromatic carbocycles. The van der Waals surface area contributed by atoms with Gasteiger partial charge >= 0.3 is 5.97 Å². The molecule has 0 unspecified atom stereocenters. The third kappa shape index (κ3) is 4.31. The lowest BCUT2D eigenvalue weighted by Gasteiger charge is -2.17. The average molecular weight is 436 g/mol. The van der Waals surface area contributed by atoms with Gasteiger partial charge in [-0.1, -0.05) is 23.5 Å². The molecule has 0 N–H and O–H groups in total. The number of nitrogens with zero attached hydrogens (tertiary/aromatic N) is 5. The normalized spacial score (nSPS) is 10.9. The van der Waals surface area contributed by atoms with Crippen LogP contribution in [-0.4, -0.2) is 44.8 Å². The molecule has 3 heterocycles. The van der Waals surface area contributed by atoms with Gasteiger partial charge in [0, 0.05) is 18.4 Å². The number of esters is 1. The van der Waals surface area contributed by atoms with Crippen LogP contribution < -0.4 is 4.90 Å². The van der Waals surface area contributed by atoms with Crippen molar-refractivity contribution in [3.8, 4) is 5.82 Å². The first-order chi connectivity index (χ1) is 15.0. The number of para-hydroxylation sites is 1. The maximum atomic E-state index is 12.7. The average Bonchev–Trinajstić information content (AvgIpc) is 3.34. The van der Waals surface area contributed by atoms with Crippen molar-refractivity contribution in [1.29, 1.82) is 0 Å². The molecule has 31 heavy (non-hydrogen) atoms. The maximum Gasteiger partial charge on any atom is 0.340 e. The smallest absolute Gasteiger partial charge is 0.340 e. The van der Waals surface area contributed by atoms with E-state index in [0.717, 1.165) is 21.6 Å². The fourth-order valence-electron chi connectivity index (χ4n) is 3.18. The van der Waals surface area contributed by atoms with E-state index in [1.54, 1.807) is 16.8 Å². The Morgan fingerprint density at radius 3 is 2.61 bits per heavy atom. The highest BCUT2D eigenvalue weighted by Gasteiger charge is 2.20. The van der Waals surface area contributed by atoms with E-state index in [4.69, 9.17) is 4.74 Å². The highest BCUT2D eigenvalue weighted by atomic mass is 32.1. The fourth-order valence-corrected chi connectivity index (χ4v) is 4.22. The second-order valence-corrected chi connectivity index (χ2v) is 7.93. The predicted molar refractivity (Wildman–Crippen MR) is 119 cm³/mol. The van der Waals surface area contributed by atoms with Crippen molar-refractivity contribution in [2.75, 3.05) is 18.1 Å². The van der Waals surface area contributed by atoms with Gasteiger partial charge in [0.1, 0.15) is 0 Å². The Morgan fingerprint density at radius 2 is 1.97 bits per heavy atom. The number of amides is 1. The lowest BCUT2D eigenvalue weighted by Crippen LogP contribution is -2.34. The SMILES string of the molecule is CCN(C(=O)COC(=O)c1ccc(-n2nc(C)cc2C)nc1)c1nc2ccccc2s1. The first kappa shape index (κ1) is 20.7. The number of pyridine rings is 1. The zero-order valence-electron chi connectivity index (χ0n) is 17.4. The molecule has 0 saturated carbocycles. The molecular weight excluding hydrogens is 414 g/mol. The topological polar surface area (TPSA) is 90.2 Å². The Labute approximate surface area is 183 Å². The van der Waals surface area contributed by atoms with Crippen LogP contribution in [-0.2, 0) is 9.53 Å². The minimum absolute atomic E-state index is 0.265. The molecule has 0 radical (unpaired) electrons. The van der Waals surface area contributed by atoms with Crippen LogP contribution in [0.1, 0.15) is 28.7 Å². The Hall–Kier alpha value is -3.59. The van der Waals surface area contributed by atoms with Gasteiger partial charge in [-0.15, -0.1) is 0 Å². The standard InChI is InChI=1S/C22H21N5O3S/c1-4-26(22-24-17-7-5-6-8-18(17)31-22)20(28)13-30-21(29)16-9-10-19(23-12-16)27-15(3)11-14(2)25-27/h5-12H,4,13H2,1-3H3. The van der Waals surface area contributed by atoms with Crippen LogP contribution in [0.3, 0.4) is 0 Å². The van der Waals surface area contributed by atoms with Gasteiger partial charge in [-0.3, -0.25) is 9.69 Å². The van der Waals surface area contributed by atoms with Gasteiger partial charge in [-0.25, -0.2) is 19.4 Å². The number of aromatic nitrogens is 4. The quantitative estimate of drug-likeness (QED) is 0.429. The summed E-state index contributed by atoms with van der Waals surface area (Å²) < 4.78 is 7.92. The third-order valence-electron chi connectivity index (χ3n) is 4.67. The molecular formula is C22H21N5O3S. The van der Waals surface area contributed by atoms with E-state index in [-0.39, 0.29) is 18.1 Å². The van der Waals surface area contributed by atoms with Gasteiger partial charge in [0.15, 0.2) is 17.6 Å². The number of fused-ring (bicyclic) bond motifs is 1. The van der Waals surface area contributed by atoms with Crippen molar-refractivity contribution in [2.45, 2.75) is 20.8 Å². The van der Waals surface area contributed by atoms with Crippen LogP contribution in [0, 0.1) is 13.8 Å². The van der Waals surface area contributed by atoms with E-state index in [1.165, 1.54) is 22.4 Å². The van der Waals surface area contributed by atoms with Gasteiger partial charge in [-0.05, 0) is 51.1 Å². The number of carbonyl (C=O) groups excluding carboxylic acids is 2. The van der Waals surface area contributed by atoms with E-state index in [1.807, 2.05) is 51.1 Å². The molecule has 4 rings (SSSR count). The molecule has 0 spiro atoms. The maximum absolute atomic E-state index is 12.7. The van der Waals surface area contributed by atoms with Gasteiger partial charge in [0.2, 0.25) is 0 Å². The summed E-state index contributed by atoms with van der Waals surface area (Å²) in [6.07, 6.45) is 1.42. The first-order valence-corrected chi connectivity index (χ1v) is 10.6. The van der Waals surface area contributed by atoms with E-state index in [9.17, 15) is 9.59 Å². The summed E-state index contributed by atoms with van der Waals surface area (Å²) in [5, 5.41) is 4.95. The molecule has 0 saturated heterocycles. The van der Waals surface area contributed by atoms with Gasteiger partial charge in [-0.2, -0.15) is 5.10 Å². The third-order valence-corrected chi connectivity index (χ3v) is 5.73. The van der Waals surface area contributed by atoms with Crippen molar-refractivity contribution in [2.24, 2.45) is 0 Å². The molecule has 1 amide bonds. The number of anilines is 1. The number of rotatable bonds is 6. The van der Waals surface area contributed by atoms with Crippen LogP contribution in [0.4, 0.5) is 5.13 Å². The Morgan fingerprint density at radius 1 is 1.16 bits per heavy atom. The summed E-state index contributed by atoms with van der Waals surface area (Å²) in [7, 11) is 0. The van der Waals surface area contributed by atoms with Crippen LogP contribution in [0.2, 0.25) is 0 Å². The zero-order valence-corrected chi connectivity index (χ0v) is 18.2. The minimum Gasteiger partial charge on any atom is -0.452 e. The second-order valence-electron chi connectivity index (χ2n) is 6.92. The highest BCUT2D eigenvalue weighted by molar-refractivity contribution is 7.22. The largest absolute Gasteiger partial charge is 0.452 e. The zero-order chi connectivity index (χ0) is 22.0. The fraction of sp³-hybridized carbons (Fsp3) is 0.227. The number of hydrogen-bond donors (Lipinski definition) is 0. The van der Waals surface area contributed by atoms with Crippen LogP contribution in [0.5, 0.6) is 0 Å². The van der Waals surface area contributed by atoms with E-state index >= 15 is 0 Å². The number of carbonyl (C=O) groups is 2. The molecule has 0 atom stereocenters. The number of ether oxygens (including phenoxy) is 1. The van der Waals surface area contributed by atoms with E-state index < -0.39 is 5.97 Å². The molecule has 9 heteroatoms. The predicted octanol–water partition coefficient (Wildman–Crippen LogP) is 3.70. The van der Waals surface area contributed by atoms with Crippen LogP contribution >= 0.6 is 11.3 Å². The number of benzene rings is 1. The Bertz CT molecular complexity index is 1210. The van der Waals surface area contributed by atoms with Gasteiger partial charge in [0.05, 0.1) is 21.5 Å². The highest BCUT2D eigenvalue weighted by Crippen LogP contribution is 2.28. The summed E-state index contributed by atoms with van der Waals surface area (Å²) >= 11 is 1.43. The molecule has 8 nitrogen and oxygen atoms in total. The Balaban J connectivity index is 1.41. The van der Waals surface area contributed by atoms with Crippen molar-refractivity contribution in [3.05, 3.63) is 65.6 Å². The number of hydrogen-bond acceptors (Lipinski definition) is 7. The lowest BCUT2D eigenvalue weighted by molar-refractivity contribution is -0.121. The van der Waals surface area contributed by atoms with Crippen molar-refractivity contribution >= 4 is 38.6 Å². The first-order valence-electron chi connectivity index (χ1n) is 9.79. The summed E-state index contributed by atoms with van der Waals surface area (Å²) in [6, 6.07) is 12.9. The number of thiazole rings is 1. The molecule has 3 aromatic heterocycles. The monoisotopic (exact) mass is 435 g/mol. The summed E-state index contributed by atoms with van der Waals surface area (Å²) in [6.45, 7) is 5.74. The Kier molecular flexibility index (Phi) is 5.77. The van der Waals surface area contributed by atoms with Gasteiger partial charge in [0.25, 0.3) is 5.91 Å². The second kappa shape index (κ2) is 8.65. The van der Waals surface area contributed by atoms with Crippen molar-refractivity contribution < 1.29 is 14.3 Å². The van der Waals surface area contributed by atoms with Crippen molar-refractivity contribution in [3.63, 3.8) is 0 Å². The number of aryl methyl sites for hydroxylation is 2. The van der Waals surface area contributed by atoms with E-state index in [2.05, 4.69) is 15.1 Å². The number of likely N-dealkylation sites (N-methyl/N-ethyl adjacent to an activating group) is 1.